The maximum Gasteiger partial charge on any atom is 2.00 e. The van der Waals surface area contributed by atoms with Gasteiger partial charge in [-0.05, 0) is 27.7 Å². The molecule has 0 amide bonds. The molecule has 0 aliphatic rings. The zero-order valence-electron chi connectivity index (χ0n) is 16.4. The van der Waals surface area contributed by atoms with Crippen LogP contribution < -0.4 is 20.4 Å². The fraction of sp³-hybridized carbons (Fsp3) is 0.500. The van der Waals surface area contributed by atoms with Gasteiger partial charge in [-0.2, -0.15) is 0 Å². The summed E-state index contributed by atoms with van der Waals surface area (Å²) in [5, 5.41) is 37.9. The largest absolute Gasteiger partial charge is 2.00 e. The molecular formula is C16H20Fe2O12. The summed E-state index contributed by atoms with van der Waals surface area (Å²) in [7, 11) is 0. The second-order valence-corrected chi connectivity index (χ2v) is 5.00. The summed E-state index contributed by atoms with van der Waals surface area (Å²) in [4.78, 5) is 77.2. The van der Waals surface area contributed by atoms with Crippen LogP contribution in [0.25, 0.3) is 0 Å². The Bertz CT molecular complexity index is 447. The number of aliphatic carboxylic acids is 4. The average molecular weight is 516 g/mol. The number of carbonyl (C=O) groups is 8. The number of carbonyl (C=O) groups excluding carboxylic acids is 8. The molecule has 14 heteroatoms. The number of rotatable bonds is 8. The van der Waals surface area contributed by atoms with Gasteiger partial charge in [0.1, 0.15) is 23.1 Å². The molecule has 0 atom stereocenters. The second-order valence-electron chi connectivity index (χ2n) is 5.00. The van der Waals surface area contributed by atoms with Crippen molar-refractivity contribution in [3.05, 3.63) is 0 Å². The van der Waals surface area contributed by atoms with E-state index in [0.29, 0.717) is 0 Å². The van der Waals surface area contributed by atoms with E-state index < -0.39 is 49.6 Å². The quantitative estimate of drug-likeness (QED) is 0.218. The van der Waals surface area contributed by atoms with E-state index in [4.69, 9.17) is 0 Å². The molecule has 30 heavy (non-hydrogen) atoms. The van der Waals surface area contributed by atoms with E-state index in [0.717, 1.165) is 0 Å². The van der Waals surface area contributed by atoms with Gasteiger partial charge in [-0.25, -0.2) is 0 Å². The van der Waals surface area contributed by atoms with Crippen LogP contribution in [0.4, 0.5) is 0 Å². The molecule has 0 bridgehead atoms. The summed E-state index contributed by atoms with van der Waals surface area (Å²) in [6.07, 6.45) is -1.89. The maximum absolute atomic E-state index is 9.83. The number of carboxylic acid groups (broad SMARTS) is 4. The molecule has 0 N–H and O–H groups in total. The molecule has 0 aromatic carbocycles. The Hall–Kier alpha value is -2.40. The number of hydrogen-bond acceptors (Lipinski definition) is 12. The van der Waals surface area contributed by atoms with Crippen LogP contribution >= 0.6 is 0 Å². The molecule has 0 aliphatic heterocycles. The van der Waals surface area contributed by atoms with E-state index in [1.807, 2.05) is 0 Å². The monoisotopic (exact) mass is 516 g/mol. The molecule has 0 unspecified atom stereocenters. The van der Waals surface area contributed by atoms with Crippen LogP contribution in [0.5, 0.6) is 0 Å². The Morgan fingerprint density at radius 2 is 0.500 bits per heavy atom. The first-order valence-corrected chi connectivity index (χ1v) is 7.28. The van der Waals surface area contributed by atoms with E-state index in [1.54, 1.807) is 0 Å². The van der Waals surface area contributed by atoms with E-state index in [-0.39, 0.29) is 57.3 Å². The zero-order valence-corrected chi connectivity index (χ0v) is 18.6. The Kier molecular flexibility index (Phi) is 37.1. The van der Waals surface area contributed by atoms with E-state index >= 15 is 0 Å². The van der Waals surface area contributed by atoms with Gasteiger partial charge in [-0.15, -0.1) is 0 Å². The standard InChI is InChI=1S/4C4H6O3.2Fe/c4*1-3(5)2-4(6)7;;/h4*2H2,1H3,(H,6,7);;/q;;;;2*+2/p-4. The van der Waals surface area contributed by atoms with Gasteiger partial charge in [0.15, 0.2) is 0 Å². The fourth-order valence-electron chi connectivity index (χ4n) is 0.813. The molecule has 0 spiro atoms. The first-order valence-electron chi connectivity index (χ1n) is 7.28. The SMILES string of the molecule is CC(=O)CC(=O)[O-].CC(=O)CC(=O)[O-].CC(=O)CC(=O)[O-].CC(=O)CC(=O)[O-].[Fe+2].[Fe+2]. The van der Waals surface area contributed by atoms with Crippen LogP contribution in [-0.2, 0) is 72.5 Å². The number of ketones is 4. The van der Waals surface area contributed by atoms with Crippen molar-refractivity contribution in [1.82, 2.24) is 0 Å². The van der Waals surface area contributed by atoms with Crippen molar-refractivity contribution in [1.29, 1.82) is 0 Å². The Morgan fingerprint density at radius 3 is 0.500 bits per heavy atom. The minimum Gasteiger partial charge on any atom is -0.550 e. The minimum absolute atomic E-state index is 0. The van der Waals surface area contributed by atoms with Gasteiger partial charge < -0.3 is 39.6 Å². The third-order valence-corrected chi connectivity index (χ3v) is 1.57. The van der Waals surface area contributed by atoms with Gasteiger partial charge in [-0.3, -0.25) is 19.2 Å². The normalized spacial score (nSPS) is 7.60. The molecule has 0 radical (unpaired) electrons. The van der Waals surface area contributed by atoms with Gasteiger partial charge in [0, 0.05) is 49.6 Å². The van der Waals surface area contributed by atoms with Crippen LogP contribution in [0, 0.1) is 0 Å². The first-order chi connectivity index (χ1) is 12.5. The maximum atomic E-state index is 9.83. The number of hydrogen-bond donors (Lipinski definition) is 0. The summed E-state index contributed by atoms with van der Waals surface area (Å²) >= 11 is 0. The van der Waals surface area contributed by atoms with E-state index in [2.05, 4.69) is 0 Å². The molecule has 0 aromatic heterocycles. The van der Waals surface area contributed by atoms with Crippen molar-refractivity contribution in [3.63, 3.8) is 0 Å². The molecule has 172 valence electrons. The zero-order chi connectivity index (χ0) is 23.4. The van der Waals surface area contributed by atoms with E-state index in [9.17, 15) is 58.8 Å². The molecule has 12 nitrogen and oxygen atoms in total. The van der Waals surface area contributed by atoms with Crippen LogP contribution in [0.2, 0.25) is 0 Å². The van der Waals surface area contributed by atoms with Crippen LogP contribution in [0.3, 0.4) is 0 Å². The molecule has 0 fully saturated rings. The van der Waals surface area contributed by atoms with Crippen LogP contribution in [0.1, 0.15) is 53.4 Å². The Morgan fingerprint density at radius 1 is 0.400 bits per heavy atom. The molecule has 0 aliphatic carbocycles. The van der Waals surface area contributed by atoms with Crippen molar-refractivity contribution < 1.29 is 92.9 Å². The predicted octanol–water partition coefficient (Wildman–Crippen LogP) is -5.14. The topological polar surface area (TPSA) is 229 Å². The van der Waals surface area contributed by atoms with Crippen LogP contribution in [-0.4, -0.2) is 47.0 Å². The molecule has 0 saturated carbocycles. The van der Waals surface area contributed by atoms with E-state index in [1.165, 1.54) is 27.7 Å². The summed E-state index contributed by atoms with van der Waals surface area (Å²) in [5.41, 5.74) is 0. The van der Waals surface area contributed by atoms with Gasteiger partial charge in [0.25, 0.3) is 0 Å². The Balaban J connectivity index is -0.0000000626. The molecule has 0 aromatic rings. The van der Waals surface area contributed by atoms with Crippen molar-refractivity contribution in [3.8, 4) is 0 Å². The number of carboxylic acids is 4. The first kappa shape index (κ1) is 41.9. The molecule has 0 saturated heterocycles. The van der Waals surface area contributed by atoms with Crippen LogP contribution in [0.15, 0.2) is 0 Å². The van der Waals surface area contributed by atoms with Crippen molar-refractivity contribution >= 4 is 47.0 Å². The third-order valence-electron chi connectivity index (χ3n) is 1.57. The predicted molar refractivity (Wildman–Crippen MR) is 81.2 cm³/mol. The Labute approximate surface area is 193 Å². The van der Waals surface area contributed by atoms with Gasteiger partial charge in [0.2, 0.25) is 0 Å². The molecule has 0 heterocycles. The third kappa shape index (κ3) is 83.8. The van der Waals surface area contributed by atoms with Crippen molar-refractivity contribution in [2.75, 3.05) is 0 Å². The summed E-state index contributed by atoms with van der Waals surface area (Å²) in [6, 6.07) is 0. The van der Waals surface area contributed by atoms with Gasteiger partial charge in [-0.1, -0.05) is 0 Å². The summed E-state index contributed by atoms with van der Waals surface area (Å²) in [5.74, 6) is -6.75. The fourth-order valence-corrected chi connectivity index (χ4v) is 0.813. The summed E-state index contributed by atoms with van der Waals surface area (Å²) in [6.45, 7) is 4.82. The van der Waals surface area contributed by atoms with Gasteiger partial charge >= 0.3 is 34.1 Å². The average Bonchev–Trinajstić information content (AvgIpc) is 2.32. The van der Waals surface area contributed by atoms with Crippen molar-refractivity contribution in [2.24, 2.45) is 0 Å². The summed E-state index contributed by atoms with van der Waals surface area (Å²) < 4.78 is 0. The molecule has 0 rings (SSSR count). The smallest absolute Gasteiger partial charge is 0.550 e. The van der Waals surface area contributed by atoms with Crippen molar-refractivity contribution in [2.45, 2.75) is 53.4 Å². The minimum atomic E-state index is -1.31. The molecular weight excluding hydrogens is 496 g/mol. The van der Waals surface area contributed by atoms with Gasteiger partial charge in [0.05, 0.1) is 0 Å². The number of Topliss-reactive ketones (excluding diaryl/α,β-unsaturated/α-hetero) is 4. The second kappa shape index (κ2) is 26.6.